The molecule has 106 valence electrons. The van der Waals surface area contributed by atoms with Gasteiger partial charge in [0.05, 0.1) is 14.2 Å². The van der Waals surface area contributed by atoms with Crippen LogP contribution < -0.4 is 9.47 Å². The fourth-order valence-corrected chi connectivity index (χ4v) is 2.36. The number of hydrogen-bond donors (Lipinski definition) is 2. The first-order valence-corrected chi connectivity index (χ1v) is 6.23. The summed E-state index contributed by atoms with van der Waals surface area (Å²) in [6, 6.07) is 6.70. The Morgan fingerprint density at radius 2 is 1.05 bits per heavy atom. The van der Waals surface area contributed by atoms with Crippen LogP contribution in [0.2, 0.25) is 0 Å². The van der Waals surface area contributed by atoms with Crippen molar-refractivity contribution in [1.29, 1.82) is 0 Å². The number of aryl methyl sites for hydroxylation is 2. The molecule has 2 aromatic carbocycles. The van der Waals surface area contributed by atoms with E-state index in [-0.39, 0.29) is 11.5 Å². The average molecular weight is 274 g/mol. The summed E-state index contributed by atoms with van der Waals surface area (Å²) in [5.74, 6) is 1.31. The van der Waals surface area contributed by atoms with Gasteiger partial charge in [0.15, 0.2) is 0 Å². The number of phenols is 2. The molecule has 0 heterocycles. The Bertz CT molecular complexity index is 543. The summed E-state index contributed by atoms with van der Waals surface area (Å²) in [7, 11) is 3.09. The number of methoxy groups -OCH3 is 2. The van der Waals surface area contributed by atoms with Crippen LogP contribution in [0.25, 0.3) is 11.1 Å². The molecular formula is C16H18O4. The Hall–Kier alpha value is -2.36. The highest BCUT2D eigenvalue weighted by Gasteiger charge is 2.17. The van der Waals surface area contributed by atoms with Gasteiger partial charge in [-0.2, -0.15) is 0 Å². The summed E-state index contributed by atoms with van der Waals surface area (Å²) < 4.78 is 10.2. The van der Waals surface area contributed by atoms with Gasteiger partial charge in [-0.15, -0.1) is 0 Å². The van der Waals surface area contributed by atoms with Gasteiger partial charge in [-0.1, -0.05) is 0 Å². The zero-order valence-corrected chi connectivity index (χ0v) is 12.0. The van der Waals surface area contributed by atoms with Crippen molar-refractivity contribution in [2.75, 3.05) is 14.2 Å². The van der Waals surface area contributed by atoms with Crippen molar-refractivity contribution in [2.45, 2.75) is 13.8 Å². The van der Waals surface area contributed by atoms with E-state index in [1.165, 1.54) is 12.1 Å². The first kappa shape index (κ1) is 14.1. The van der Waals surface area contributed by atoms with Crippen LogP contribution in [-0.4, -0.2) is 24.4 Å². The van der Waals surface area contributed by atoms with E-state index in [1.807, 2.05) is 26.0 Å². The molecular weight excluding hydrogens is 256 g/mol. The summed E-state index contributed by atoms with van der Waals surface area (Å²) in [5.41, 5.74) is 2.85. The molecule has 0 radical (unpaired) electrons. The lowest BCUT2D eigenvalue weighted by Gasteiger charge is -2.15. The third kappa shape index (κ3) is 2.37. The van der Waals surface area contributed by atoms with E-state index in [2.05, 4.69) is 0 Å². The van der Waals surface area contributed by atoms with Crippen LogP contribution in [0.15, 0.2) is 24.3 Å². The zero-order chi connectivity index (χ0) is 14.9. The van der Waals surface area contributed by atoms with Crippen LogP contribution in [0.5, 0.6) is 23.0 Å². The van der Waals surface area contributed by atoms with Gasteiger partial charge in [-0.25, -0.2) is 0 Å². The molecule has 2 rings (SSSR count). The maximum Gasteiger partial charge on any atom is 0.127 e. The number of rotatable bonds is 3. The SMILES string of the molecule is COc1cc(C)c(-c2c(C)cc(OC)cc2O)c(O)c1. The molecule has 0 amide bonds. The minimum absolute atomic E-state index is 0.0745. The predicted molar refractivity (Wildman–Crippen MR) is 77.8 cm³/mol. The lowest BCUT2D eigenvalue weighted by molar-refractivity contribution is 0.405. The van der Waals surface area contributed by atoms with E-state index in [0.29, 0.717) is 22.6 Å². The third-order valence-corrected chi connectivity index (χ3v) is 3.30. The van der Waals surface area contributed by atoms with Crippen molar-refractivity contribution in [3.63, 3.8) is 0 Å². The maximum absolute atomic E-state index is 10.2. The monoisotopic (exact) mass is 274 g/mol. The fourth-order valence-electron chi connectivity index (χ4n) is 2.36. The molecule has 0 unspecified atom stereocenters. The molecule has 0 spiro atoms. The van der Waals surface area contributed by atoms with Crippen LogP contribution in [0.3, 0.4) is 0 Å². The quantitative estimate of drug-likeness (QED) is 0.900. The summed E-state index contributed by atoms with van der Waals surface area (Å²) in [6.45, 7) is 3.72. The van der Waals surface area contributed by atoms with E-state index in [9.17, 15) is 10.2 Å². The standard InChI is InChI=1S/C16H18O4/c1-9-5-11(19-3)7-13(17)15(9)16-10(2)6-12(20-4)8-14(16)18/h5-8,17-18H,1-4H3. The lowest BCUT2D eigenvalue weighted by Crippen LogP contribution is -1.93. The van der Waals surface area contributed by atoms with Crippen LogP contribution >= 0.6 is 0 Å². The van der Waals surface area contributed by atoms with E-state index in [4.69, 9.17) is 9.47 Å². The highest BCUT2D eigenvalue weighted by Crippen LogP contribution is 2.43. The molecule has 0 saturated heterocycles. The smallest absolute Gasteiger partial charge is 0.127 e. The molecule has 0 aromatic heterocycles. The van der Waals surface area contributed by atoms with E-state index < -0.39 is 0 Å². The molecule has 0 aliphatic rings. The van der Waals surface area contributed by atoms with Crippen LogP contribution in [0.4, 0.5) is 0 Å². The van der Waals surface area contributed by atoms with Gasteiger partial charge in [0.2, 0.25) is 0 Å². The van der Waals surface area contributed by atoms with Crippen molar-refractivity contribution < 1.29 is 19.7 Å². The van der Waals surface area contributed by atoms with Crippen LogP contribution in [-0.2, 0) is 0 Å². The van der Waals surface area contributed by atoms with Crippen LogP contribution in [0, 0.1) is 13.8 Å². The maximum atomic E-state index is 10.2. The van der Waals surface area contributed by atoms with Gasteiger partial charge in [0, 0.05) is 23.3 Å². The van der Waals surface area contributed by atoms with Crippen molar-refractivity contribution in [3.05, 3.63) is 35.4 Å². The van der Waals surface area contributed by atoms with Gasteiger partial charge in [0.25, 0.3) is 0 Å². The van der Waals surface area contributed by atoms with Gasteiger partial charge < -0.3 is 19.7 Å². The summed E-state index contributed by atoms with van der Waals surface area (Å²) >= 11 is 0. The molecule has 0 saturated carbocycles. The molecule has 2 N–H and O–H groups in total. The average Bonchev–Trinajstić information content (AvgIpc) is 2.40. The van der Waals surface area contributed by atoms with Crippen LogP contribution in [0.1, 0.15) is 11.1 Å². The summed E-state index contributed by atoms with van der Waals surface area (Å²) in [5, 5.41) is 20.4. The molecule has 0 aliphatic heterocycles. The van der Waals surface area contributed by atoms with E-state index in [0.717, 1.165) is 11.1 Å². The Labute approximate surface area is 118 Å². The van der Waals surface area contributed by atoms with Crippen molar-refractivity contribution in [3.8, 4) is 34.1 Å². The normalized spacial score (nSPS) is 10.4. The van der Waals surface area contributed by atoms with Gasteiger partial charge in [0.1, 0.15) is 23.0 Å². The van der Waals surface area contributed by atoms with Gasteiger partial charge >= 0.3 is 0 Å². The second kappa shape index (κ2) is 5.33. The number of hydrogen-bond acceptors (Lipinski definition) is 4. The molecule has 4 heteroatoms. The topological polar surface area (TPSA) is 58.9 Å². The Morgan fingerprint density at radius 3 is 1.30 bits per heavy atom. The number of benzene rings is 2. The molecule has 0 atom stereocenters. The molecule has 0 fully saturated rings. The minimum Gasteiger partial charge on any atom is -0.507 e. The number of phenolic OH excluding ortho intramolecular Hbond substituents is 2. The summed E-state index contributed by atoms with van der Waals surface area (Å²) in [6.07, 6.45) is 0. The molecule has 2 aromatic rings. The highest BCUT2D eigenvalue weighted by molar-refractivity contribution is 5.82. The second-order valence-corrected chi connectivity index (χ2v) is 4.68. The Balaban J connectivity index is 2.69. The molecule has 0 bridgehead atoms. The Kier molecular flexibility index (Phi) is 3.74. The van der Waals surface area contributed by atoms with Crippen molar-refractivity contribution >= 4 is 0 Å². The first-order chi connectivity index (χ1) is 9.47. The highest BCUT2D eigenvalue weighted by atomic mass is 16.5. The minimum atomic E-state index is 0.0745. The third-order valence-electron chi connectivity index (χ3n) is 3.30. The number of ether oxygens (including phenoxy) is 2. The molecule has 20 heavy (non-hydrogen) atoms. The van der Waals surface area contributed by atoms with E-state index >= 15 is 0 Å². The van der Waals surface area contributed by atoms with Crippen molar-refractivity contribution in [2.24, 2.45) is 0 Å². The second-order valence-electron chi connectivity index (χ2n) is 4.68. The Morgan fingerprint density at radius 1 is 0.700 bits per heavy atom. The molecule has 0 aliphatic carbocycles. The number of aromatic hydroxyl groups is 2. The largest absolute Gasteiger partial charge is 0.507 e. The lowest BCUT2D eigenvalue weighted by atomic mass is 9.94. The molecule has 4 nitrogen and oxygen atoms in total. The summed E-state index contributed by atoms with van der Waals surface area (Å²) in [4.78, 5) is 0. The fraction of sp³-hybridized carbons (Fsp3) is 0.250. The predicted octanol–water partition coefficient (Wildman–Crippen LogP) is 3.40. The van der Waals surface area contributed by atoms with Gasteiger partial charge in [-0.05, 0) is 37.1 Å². The van der Waals surface area contributed by atoms with E-state index in [1.54, 1.807) is 14.2 Å². The van der Waals surface area contributed by atoms with Gasteiger partial charge in [-0.3, -0.25) is 0 Å². The zero-order valence-electron chi connectivity index (χ0n) is 12.0. The first-order valence-electron chi connectivity index (χ1n) is 6.23. The van der Waals surface area contributed by atoms with Crippen molar-refractivity contribution in [1.82, 2.24) is 0 Å².